The van der Waals surface area contributed by atoms with Gasteiger partial charge in [0.25, 0.3) is 0 Å². The van der Waals surface area contributed by atoms with Gasteiger partial charge < -0.3 is 5.48 Å². The van der Waals surface area contributed by atoms with Crippen LogP contribution in [-0.2, 0) is 37.8 Å². The van der Waals surface area contributed by atoms with E-state index in [1.165, 1.54) is 0 Å². The predicted octanol–water partition coefficient (Wildman–Crippen LogP) is -0.830. The molecule has 4 heteroatoms. The summed E-state index contributed by atoms with van der Waals surface area (Å²) in [6.45, 7) is 0. The molecule has 25 valence electrons. The van der Waals surface area contributed by atoms with Crippen LogP contribution in [0.25, 0.3) is 0 Å². The van der Waals surface area contributed by atoms with E-state index in [4.69, 9.17) is 0 Å². The second-order valence-corrected chi connectivity index (χ2v) is 0. The van der Waals surface area contributed by atoms with Crippen LogP contribution in [0.1, 0.15) is 0 Å². The first kappa shape index (κ1) is 38.9. The minimum absolute atomic E-state index is 0. The molecule has 0 amide bonds. The molecule has 1 radical (unpaired) electrons. The maximum atomic E-state index is 0. The maximum absolute atomic E-state index is 0. The molecule has 0 aliphatic rings. The van der Waals surface area contributed by atoms with Gasteiger partial charge >= 0.3 is 23.1 Å². The van der Waals surface area contributed by atoms with E-state index in [9.17, 15) is 0 Å². The SMILES string of the molecule is [Co].[MgH+].[Mo].[OH-]. The van der Waals surface area contributed by atoms with Crippen LogP contribution >= 0.6 is 0 Å². The van der Waals surface area contributed by atoms with Crippen molar-refractivity contribution in [3.05, 3.63) is 0 Å². The molecule has 0 aromatic rings. The molecule has 0 spiro atoms. The Bertz CT molecular complexity index is 8.00. The van der Waals surface area contributed by atoms with Gasteiger partial charge in [-0.1, -0.05) is 0 Å². The second-order valence-electron chi connectivity index (χ2n) is 0. The van der Waals surface area contributed by atoms with E-state index in [0.717, 1.165) is 0 Å². The summed E-state index contributed by atoms with van der Waals surface area (Å²) in [5, 5.41) is 0. The summed E-state index contributed by atoms with van der Waals surface area (Å²) in [6, 6.07) is 0. The Morgan fingerprint density at radius 2 is 1.00 bits per heavy atom. The first-order chi connectivity index (χ1) is 0. The summed E-state index contributed by atoms with van der Waals surface area (Å²) in [4.78, 5) is 0. The molecule has 1 nitrogen and oxygen atoms in total. The maximum Gasteiger partial charge on any atom is 0 e. The van der Waals surface area contributed by atoms with Crippen LogP contribution in [0.5, 0.6) is 0 Å². The van der Waals surface area contributed by atoms with Gasteiger partial charge in [0.1, 0.15) is 0 Å². The molecule has 0 aliphatic heterocycles. The smallest absolute Gasteiger partial charge is 0 e. The van der Waals surface area contributed by atoms with Gasteiger partial charge in [0.2, 0.25) is 0 Å². The van der Waals surface area contributed by atoms with Crippen molar-refractivity contribution in [1.82, 2.24) is 0 Å². The van der Waals surface area contributed by atoms with E-state index < -0.39 is 0 Å². The van der Waals surface area contributed by atoms with Gasteiger partial charge in [0.05, 0.1) is 0 Å². The Kier molecular flexibility index (Phi) is 199. The molecule has 0 heterocycles. The summed E-state index contributed by atoms with van der Waals surface area (Å²) in [5.41, 5.74) is 0. The fourth-order valence-corrected chi connectivity index (χ4v) is 0. The molecule has 0 aromatic carbocycles. The third kappa shape index (κ3) is 9.07. The van der Waals surface area contributed by atoms with Crippen LogP contribution in [0.3, 0.4) is 0 Å². The molecular formula is H2CoMgMoO. The van der Waals surface area contributed by atoms with Gasteiger partial charge in [-0.2, -0.15) is 0 Å². The monoisotopic (exact) mass is 199 g/mol. The fraction of sp³-hybridized carbons (Fsp3) is 0. The van der Waals surface area contributed by atoms with Crippen molar-refractivity contribution in [3.8, 4) is 0 Å². The van der Waals surface area contributed by atoms with Crippen LogP contribution in [-0.4, -0.2) is 28.5 Å². The first-order valence-electron chi connectivity index (χ1n) is 0. The summed E-state index contributed by atoms with van der Waals surface area (Å²) >= 11 is 0. The Balaban J connectivity index is 0. The van der Waals surface area contributed by atoms with Gasteiger partial charge in [-0.15, -0.1) is 0 Å². The van der Waals surface area contributed by atoms with Crippen molar-refractivity contribution in [2.75, 3.05) is 0 Å². The molecule has 0 saturated carbocycles. The Morgan fingerprint density at radius 1 is 1.00 bits per heavy atom. The van der Waals surface area contributed by atoms with Gasteiger partial charge in [-0.25, -0.2) is 0 Å². The average molecular weight is 197 g/mol. The third-order valence-electron chi connectivity index (χ3n) is 0. The van der Waals surface area contributed by atoms with E-state index in [1.807, 2.05) is 0 Å². The van der Waals surface area contributed by atoms with E-state index in [0.29, 0.717) is 0 Å². The van der Waals surface area contributed by atoms with E-state index in [-0.39, 0.29) is 66.4 Å². The number of hydrogen-bond donors (Lipinski definition) is 0. The quantitative estimate of drug-likeness (QED) is 0.466. The van der Waals surface area contributed by atoms with Crippen molar-refractivity contribution in [2.45, 2.75) is 0 Å². The molecule has 4 heavy (non-hydrogen) atoms. The summed E-state index contributed by atoms with van der Waals surface area (Å²) in [6.07, 6.45) is 0. The van der Waals surface area contributed by atoms with Gasteiger partial charge in [-0.05, 0) is 0 Å². The van der Waals surface area contributed by atoms with Crippen molar-refractivity contribution >= 4 is 23.1 Å². The van der Waals surface area contributed by atoms with Crippen LogP contribution in [0.15, 0.2) is 0 Å². The topological polar surface area (TPSA) is 30.0 Å². The summed E-state index contributed by atoms with van der Waals surface area (Å²) < 4.78 is 0. The Morgan fingerprint density at radius 3 is 1.00 bits per heavy atom. The van der Waals surface area contributed by atoms with Crippen molar-refractivity contribution in [3.63, 3.8) is 0 Å². The van der Waals surface area contributed by atoms with Crippen LogP contribution in [0.4, 0.5) is 0 Å². The Hall–Kier alpha value is 1.92. The minimum Gasteiger partial charge on any atom is -0.870 e. The van der Waals surface area contributed by atoms with Gasteiger partial charge in [0, 0.05) is 37.8 Å². The van der Waals surface area contributed by atoms with Crippen LogP contribution in [0, 0.1) is 0 Å². The summed E-state index contributed by atoms with van der Waals surface area (Å²) in [7, 11) is 0. The van der Waals surface area contributed by atoms with E-state index in [1.54, 1.807) is 0 Å². The largest absolute Gasteiger partial charge is 0.870 e. The van der Waals surface area contributed by atoms with Crippen molar-refractivity contribution in [1.29, 1.82) is 0 Å². The van der Waals surface area contributed by atoms with E-state index >= 15 is 0 Å². The average Bonchev–Trinajstić information content (AvgIpc) is 0. The zero-order valence-corrected chi connectivity index (χ0v) is 7.24. The molecule has 0 unspecified atom stereocenters. The van der Waals surface area contributed by atoms with E-state index in [2.05, 4.69) is 0 Å². The molecule has 0 aromatic heterocycles. The van der Waals surface area contributed by atoms with Crippen molar-refractivity contribution < 1.29 is 43.3 Å². The predicted molar refractivity (Wildman–Crippen MR) is 9.08 cm³/mol. The molecule has 0 rings (SSSR count). The zero-order valence-electron chi connectivity index (χ0n) is 2.19. The number of hydrogen-bond acceptors (Lipinski definition) is 1. The molecule has 0 bridgehead atoms. The summed E-state index contributed by atoms with van der Waals surface area (Å²) in [5.74, 6) is 0. The molecule has 0 fully saturated rings. The Labute approximate surface area is 65.8 Å². The molecule has 0 aliphatic carbocycles. The normalized spacial score (nSPS) is 0. The van der Waals surface area contributed by atoms with Crippen LogP contribution in [0.2, 0.25) is 0 Å². The van der Waals surface area contributed by atoms with Gasteiger partial charge in [-0.3, -0.25) is 0 Å². The standard InChI is InChI=1S/Co.Mg.Mo.H2O.H/h;;;1H2;/q;+1;;;/p-1. The first-order valence-corrected chi connectivity index (χ1v) is 0. The molecule has 0 atom stereocenters. The molecule has 1 N–H and O–H groups in total. The fourth-order valence-electron chi connectivity index (χ4n) is 0. The molecular weight excluding hydrogens is 195 g/mol. The van der Waals surface area contributed by atoms with Gasteiger partial charge in [0.15, 0.2) is 0 Å². The third-order valence-corrected chi connectivity index (χ3v) is 0. The molecule has 0 saturated heterocycles. The van der Waals surface area contributed by atoms with Crippen molar-refractivity contribution in [2.24, 2.45) is 0 Å². The zero-order chi connectivity index (χ0) is 0. The van der Waals surface area contributed by atoms with Crippen LogP contribution < -0.4 is 0 Å². The second kappa shape index (κ2) is 20.5. The number of rotatable bonds is 0. The minimum atomic E-state index is 0.